The average molecular weight is 400 g/mol. The number of methoxy groups -OCH3 is 1. The second-order valence-electron chi connectivity index (χ2n) is 5.48. The predicted octanol–water partition coefficient (Wildman–Crippen LogP) is 4.31. The predicted molar refractivity (Wildman–Crippen MR) is 104 cm³/mol. The van der Waals surface area contributed by atoms with Crippen molar-refractivity contribution < 1.29 is 14.5 Å². The molecular weight excluding hydrogens is 386 g/mol. The molecule has 142 valence electrons. The number of hydrogen-bond acceptors (Lipinski definition) is 8. The maximum Gasteiger partial charge on any atom is 0.353 e. The fourth-order valence-corrected chi connectivity index (χ4v) is 2.55. The van der Waals surface area contributed by atoms with Gasteiger partial charge in [-0.05, 0) is 36.4 Å². The standard InChI is InChI=1S/C18H14ClN5O4/c1-28-18(25)11-6-8-12(9-7-11)22-16-15(24(26)27)17(21-10-20-16)23-14-5-3-2-4-13(14)19/h2-10H,1H3,(H2,20,21,22,23). The topological polar surface area (TPSA) is 119 Å². The zero-order valence-corrected chi connectivity index (χ0v) is 15.3. The van der Waals surface area contributed by atoms with Crippen molar-refractivity contribution in [2.24, 2.45) is 0 Å². The number of halogens is 1. The van der Waals surface area contributed by atoms with E-state index in [1.54, 1.807) is 36.4 Å². The number of carbonyl (C=O) groups is 1. The van der Waals surface area contributed by atoms with Crippen LogP contribution < -0.4 is 10.6 Å². The summed E-state index contributed by atoms with van der Waals surface area (Å²) >= 11 is 6.10. The molecule has 0 aliphatic rings. The van der Waals surface area contributed by atoms with E-state index >= 15 is 0 Å². The number of nitrogens with one attached hydrogen (secondary N) is 2. The van der Waals surface area contributed by atoms with Crippen LogP contribution in [0.4, 0.5) is 28.7 Å². The summed E-state index contributed by atoms with van der Waals surface area (Å²) in [5, 5.41) is 17.7. The van der Waals surface area contributed by atoms with Gasteiger partial charge in [0, 0.05) is 5.69 Å². The highest BCUT2D eigenvalue weighted by Crippen LogP contribution is 2.34. The Labute approximate surface area is 164 Å². The van der Waals surface area contributed by atoms with Crippen molar-refractivity contribution >= 4 is 46.3 Å². The van der Waals surface area contributed by atoms with Gasteiger partial charge < -0.3 is 15.4 Å². The Morgan fingerprint density at radius 3 is 2.32 bits per heavy atom. The highest BCUT2D eigenvalue weighted by atomic mass is 35.5. The Kier molecular flexibility index (Phi) is 5.66. The third kappa shape index (κ3) is 4.15. The first-order valence-electron chi connectivity index (χ1n) is 7.96. The molecule has 0 amide bonds. The minimum Gasteiger partial charge on any atom is -0.465 e. The van der Waals surface area contributed by atoms with Crippen LogP contribution in [-0.2, 0) is 4.74 Å². The number of aromatic nitrogens is 2. The maximum atomic E-state index is 11.6. The molecule has 0 aliphatic carbocycles. The second kappa shape index (κ2) is 8.31. The Morgan fingerprint density at radius 2 is 1.71 bits per heavy atom. The zero-order valence-electron chi connectivity index (χ0n) is 14.5. The third-order valence-electron chi connectivity index (χ3n) is 3.70. The summed E-state index contributed by atoms with van der Waals surface area (Å²) in [6.07, 6.45) is 1.19. The SMILES string of the molecule is COC(=O)c1ccc(Nc2ncnc(Nc3ccccc3Cl)c2[N+](=O)[O-])cc1. The maximum absolute atomic E-state index is 11.6. The van der Waals surface area contributed by atoms with Crippen molar-refractivity contribution in [3.8, 4) is 0 Å². The van der Waals surface area contributed by atoms with Crippen molar-refractivity contribution in [2.75, 3.05) is 17.7 Å². The molecule has 2 N–H and O–H groups in total. The first-order chi connectivity index (χ1) is 13.5. The van der Waals surface area contributed by atoms with Crippen molar-refractivity contribution in [2.45, 2.75) is 0 Å². The van der Waals surface area contributed by atoms with Crippen molar-refractivity contribution in [1.29, 1.82) is 0 Å². The zero-order chi connectivity index (χ0) is 20.1. The molecule has 2 aromatic carbocycles. The molecular formula is C18H14ClN5O4. The normalized spacial score (nSPS) is 10.2. The van der Waals surface area contributed by atoms with Crippen molar-refractivity contribution in [3.63, 3.8) is 0 Å². The number of para-hydroxylation sites is 1. The van der Waals surface area contributed by atoms with E-state index in [2.05, 4.69) is 25.3 Å². The second-order valence-corrected chi connectivity index (χ2v) is 5.88. The van der Waals surface area contributed by atoms with Gasteiger partial charge in [-0.25, -0.2) is 14.8 Å². The molecule has 0 unspecified atom stereocenters. The highest BCUT2D eigenvalue weighted by Gasteiger charge is 2.24. The molecule has 0 saturated heterocycles. The minimum atomic E-state index is -0.593. The molecule has 3 aromatic rings. The summed E-state index contributed by atoms with van der Waals surface area (Å²) in [5.41, 5.74) is 0.975. The number of nitrogens with zero attached hydrogens (tertiary/aromatic N) is 3. The van der Waals surface area contributed by atoms with E-state index in [-0.39, 0.29) is 17.3 Å². The van der Waals surface area contributed by atoms with E-state index in [0.717, 1.165) is 0 Å². The number of hydrogen-bond donors (Lipinski definition) is 2. The van der Waals surface area contributed by atoms with Gasteiger partial charge in [0.25, 0.3) is 0 Å². The Hall–Kier alpha value is -3.72. The quantitative estimate of drug-likeness (QED) is 0.357. The van der Waals surface area contributed by atoms with Crippen molar-refractivity contribution in [3.05, 3.63) is 75.6 Å². The molecule has 0 fully saturated rings. The Balaban J connectivity index is 1.92. The van der Waals surface area contributed by atoms with Crippen LogP contribution in [-0.4, -0.2) is 28.0 Å². The molecule has 1 aromatic heterocycles. The molecule has 0 aliphatic heterocycles. The molecule has 10 heteroatoms. The van der Waals surface area contributed by atoms with Crippen LogP contribution in [0, 0.1) is 10.1 Å². The van der Waals surface area contributed by atoms with Gasteiger partial charge in [0.15, 0.2) is 0 Å². The summed E-state index contributed by atoms with van der Waals surface area (Å²) in [5.74, 6) is -0.507. The summed E-state index contributed by atoms with van der Waals surface area (Å²) in [7, 11) is 1.28. The number of ether oxygens (including phenoxy) is 1. The lowest BCUT2D eigenvalue weighted by molar-refractivity contribution is -0.383. The number of rotatable bonds is 6. The molecule has 0 spiro atoms. The first kappa shape index (κ1) is 19.1. The lowest BCUT2D eigenvalue weighted by atomic mass is 10.2. The number of carbonyl (C=O) groups excluding carboxylic acids is 1. The van der Waals surface area contributed by atoms with Gasteiger partial charge in [0.2, 0.25) is 11.6 Å². The van der Waals surface area contributed by atoms with Crippen LogP contribution in [0.25, 0.3) is 0 Å². The van der Waals surface area contributed by atoms with E-state index in [9.17, 15) is 14.9 Å². The number of nitro groups is 1. The molecule has 0 bridgehead atoms. The summed E-state index contributed by atoms with van der Waals surface area (Å²) in [4.78, 5) is 30.5. The van der Waals surface area contributed by atoms with Gasteiger partial charge in [-0.1, -0.05) is 23.7 Å². The van der Waals surface area contributed by atoms with Gasteiger partial charge in [0.05, 0.1) is 28.3 Å². The summed E-state index contributed by atoms with van der Waals surface area (Å²) in [6, 6.07) is 13.0. The minimum absolute atomic E-state index is 0.0122. The van der Waals surface area contributed by atoms with Crippen LogP contribution in [0.3, 0.4) is 0 Å². The van der Waals surface area contributed by atoms with Gasteiger partial charge >= 0.3 is 11.7 Å². The molecule has 0 saturated carbocycles. The summed E-state index contributed by atoms with van der Waals surface area (Å²) < 4.78 is 4.64. The smallest absolute Gasteiger partial charge is 0.353 e. The molecule has 1 heterocycles. The largest absolute Gasteiger partial charge is 0.465 e. The highest BCUT2D eigenvalue weighted by molar-refractivity contribution is 6.33. The lowest BCUT2D eigenvalue weighted by Crippen LogP contribution is -2.06. The van der Waals surface area contributed by atoms with Gasteiger partial charge in [-0.15, -0.1) is 0 Å². The lowest BCUT2D eigenvalue weighted by Gasteiger charge is -2.11. The monoisotopic (exact) mass is 399 g/mol. The number of benzene rings is 2. The van der Waals surface area contributed by atoms with E-state index in [1.807, 2.05) is 0 Å². The van der Waals surface area contributed by atoms with Crippen LogP contribution in [0.15, 0.2) is 54.9 Å². The van der Waals surface area contributed by atoms with Gasteiger partial charge in [0.1, 0.15) is 6.33 Å². The number of anilines is 4. The molecule has 0 atom stereocenters. The average Bonchev–Trinajstić information content (AvgIpc) is 2.69. The van der Waals surface area contributed by atoms with E-state index in [1.165, 1.54) is 25.6 Å². The molecule has 0 radical (unpaired) electrons. The molecule has 28 heavy (non-hydrogen) atoms. The van der Waals surface area contributed by atoms with Gasteiger partial charge in [-0.3, -0.25) is 10.1 Å². The van der Waals surface area contributed by atoms with Gasteiger partial charge in [-0.2, -0.15) is 0 Å². The van der Waals surface area contributed by atoms with Crippen molar-refractivity contribution in [1.82, 2.24) is 9.97 Å². The first-order valence-corrected chi connectivity index (χ1v) is 8.33. The van der Waals surface area contributed by atoms with E-state index in [0.29, 0.717) is 22.0 Å². The molecule has 3 rings (SSSR count). The van der Waals surface area contributed by atoms with E-state index in [4.69, 9.17) is 11.6 Å². The fraction of sp³-hybridized carbons (Fsp3) is 0.0556. The van der Waals surface area contributed by atoms with E-state index < -0.39 is 10.9 Å². The fourth-order valence-electron chi connectivity index (χ4n) is 2.37. The Morgan fingerprint density at radius 1 is 1.07 bits per heavy atom. The van der Waals surface area contributed by atoms with Crippen LogP contribution in [0.1, 0.15) is 10.4 Å². The molecule has 9 nitrogen and oxygen atoms in total. The summed E-state index contributed by atoms with van der Waals surface area (Å²) in [6.45, 7) is 0. The Bertz CT molecular complexity index is 1030. The van der Waals surface area contributed by atoms with Crippen LogP contribution in [0.2, 0.25) is 5.02 Å². The van der Waals surface area contributed by atoms with Crippen LogP contribution in [0.5, 0.6) is 0 Å². The number of esters is 1. The third-order valence-corrected chi connectivity index (χ3v) is 4.03. The van der Waals surface area contributed by atoms with Crippen LogP contribution >= 0.6 is 11.6 Å².